The molecule has 2 rings (SSSR count). The Balaban J connectivity index is 1.99. The van der Waals surface area contributed by atoms with Crippen molar-refractivity contribution in [3.63, 3.8) is 0 Å². The van der Waals surface area contributed by atoms with Crippen LogP contribution in [0.25, 0.3) is 0 Å². The van der Waals surface area contributed by atoms with E-state index >= 15 is 0 Å². The second kappa shape index (κ2) is 6.01. The van der Waals surface area contributed by atoms with E-state index in [1.807, 2.05) is 24.0 Å². The number of fused-ring (bicyclic) bond motifs is 1. The molecule has 1 aliphatic rings. The van der Waals surface area contributed by atoms with Gasteiger partial charge >= 0.3 is 0 Å². The fourth-order valence-corrected chi connectivity index (χ4v) is 2.50. The van der Waals surface area contributed by atoms with E-state index in [0.29, 0.717) is 6.42 Å². The Kier molecular flexibility index (Phi) is 4.37. The minimum atomic E-state index is 0.187. The van der Waals surface area contributed by atoms with Gasteiger partial charge in [-0.05, 0) is 44.2 Å². The van der Waals surface area contributed by atoms with Gasteiger partial charge in [-0.2, -0.15) is 0 Å². The van der Waals surface area contributed by atoms with Crippen molar-refractivity contribution in [3.05, 3.63) is 29.8 Å². The Morgan fingerprint density at radius 1 is 1.44 bits per heavy atom. The van der Waals surface area contributed by atoms with Crippen molar-refractivity contribution in [2.24, 2.45) is 5.73 Å². The summed E-state index contributed by atoms with van der Waals surface area (Å²) in [6.45, 7) is 2.84. The molecule has 0 fully saturated rings. The fraction of sp³-hybridized carbons (Fsp3) is 0.533. The van der Waals surface area contributed by atoms with Crippen LogP contribution in [0.2, 0.25) is 0 Å². The van der Waals surface area contributed by atoms with Crippen LogP contribution >= 0.6 is 0 Å². The summed E-state index contributed by atoms with van der Waals surface area (Å²) >= 11 is 0. The van der Waals surface area contributed by atoms with Gasteiger partial charge in [0.15, 0.2) is 0 Å². The average molecular weight is 246 g/mol. The van der Waals surface area contributed by atoms with E-state index in [0.717, 1.165) is 37.9 Å². The number of nitrogens with zero attached hydrogens (tertiary/aromatic N) is 1. The van der Waals surface area contributed by atoms with E-state index in [1.165, 1.54) is 5.56 Å². The average Bonchev–Trinajstić information content (AvgIpc) is 2.37. The highest BCUT2D eigenvalue weighted by molar-refractivity contribution is 5.94. The lowest BCUT2D eigenvalue weighted by molar-refractivity contribution is -0.118. The molecule has 0 aromatic heterocycles. The third-order valence-corrected chi connectivity index (χ3v) is 3.46. The number of nitrogens with two attached hydrogens (primary N) is 1. The van der Waals surface area contributed by atoms with Crippen LogP contribution < -0.4 is 10.6 Å². The minimum Gasteiger partial charge on any atom is -0.328 e. The SMILES string of the molecule is CC(N)CCCC(=O)N1CCCc2ccccc21. The molecule has 2 N–H and O–H groups in total. The van der Waals surface area contributed by atoms with Gasteiger partial charge in [0.25, 0.3) is 0 Å². The zero-order valence-electron chi connectivity index (χ0n) is 11.1. The number of aryl methyl sites for hydroxylation is 1. The van der Waals surface area contributed by atoms with E-state index in [1.54, 1.807) is 0 Å². The zero-order valence-corrected chi connectivity index (χ0v) is 11.1. The van der Waals surface area contributed by atoms with E-state index in [-0.39, 0.29) is 11.9 Å². The van der Waals surface area contributed by atoms with Crippen LogP contribution in [0.5, 0.6) is 0 Å². The highest BCUT2D eigenvalue weighted by Gasteiger charge is 2.21. The molecule has 0 aliphatic carbocycles. The topological polar surface area (TPSA) is 46.3 Å². The van der Waals surface area contributed by atoms with Gasteiger partial charge in [-0.25, -0.2) is 0 Å². The van der Waals surface area contributed by atoms with E-state index < -0.39 is 0 Å². The Morgan fingerprint density at radius 3 is 3.00 bits per heavy atom. The van der Waals surface area contributed by atoms with E-state index in [2.05, 4.69) is 12.1 Å². The molecule has 1 aliphatic heterocycles. The number of benzene rings is 1. The summed E-state index contributed by atoms with van der Waals surface area (Å²) in [5.41, 5.74) is 8.11. The smallest absolute Gasteiger partial charge is 0.226 e. The predicted molar refractivity (Wildman–Crippen MR) is 74.6 cm³/mol. The summed E-state index contributed by atoms with van der Waals surface area (Å²) in [4.78, 5) is 14.2. The Morgan fingerprint density at radius 2 is 2.22 bits per heavy atom. The Hall–Kier alpha value is -1.35. The maximum atomic E-state index is 12.2. The second-order valence-corrected chi connectivity index (χ2v) is 5.15. The maximum Gasteiger partial charge on any atom is 0.226 e. The highest BCUT2D eigenvalue weighted by atomic mass is 16.2. The summed E-state index contributed by atoms with van der Waals surface area (Å²) in [6.07, 6.45) is 4.56. The van der Waals surface area contributed by atoms with Gasteiger partial charge in [-0.3, -0.25) is 4.79 Å². The number of hydrogen-bond donors (Lipinski definition) is 1. The van der Waals surface area contributed by atoms with Crippen molar-refractivity contribution in [1.82, 2.24) is 0 Å². The lowest BCUT2D eigenvalue weighted by Gasteiger charge is -2.29. The van der Waals surface area contributed by atoms with Gasteiger partial charge in [0.05, 0.1) is 0 Å². The molecule has 18 heavy (non-hydrogen) atoms. The summed E-state index contributed by atoms with van der Waals surface area (Å²) in [7, 11) is 0. The molecule has 0 saturated heterocycles. The lowest BCUT2D eigenvalue weighted by atomic mass is 10.0. The quantitative estimate of drug-likeness (QED) is 0.887. The standard InChI is InChI=1S/C15H22N2O/c1-12(16)6-4-10-15(18)17-11-5-8-13-7-2-3-9-14(13)17/h2-3,7,9,12H,4-6,8,10-11,16H2,1H3. The maximum absolute atomic E-state index is 12.2. The van der Waals surface area contributed by atoms with Crippen LogP contribution in [-0.4, -0.2) is 18.5 Å². The molecular formula is C15H22N2O. The zero-order chi connectivity index (χ0) is 13.0. The highest BCUT2D eigenvalue weighted by Crippen LogP contribution is 2.27. The van der Waals surface area contributed by atoms with Gasteiger partial charge < -0.3 is 10.6 Å². The summed E-state index contributed by atoms with van der Waals surface area (Å²) < 4.78 is 0. The lowest BCUT2D eigenvalue weighted by Crippen LogP contribution is -2.35. The van der Waals surface area contributed by atoms with Crippen LogP contribution in [0.15, 0.2) is 24.3 Å². The Bertz CT molecular complexity index is 415. The molecule has 1 atom stereocenters. The number of carbonyl (C=O) groups excluding carboxylic acids is 1. The van der Waals surface area contributed by atoms with Crippen molar-refractivity contribution in [2.45, 2.75) is 45.1 Å². The molecule has 0 bridgehead atoms. The predicted octanol–water partition coefficient (Wildman–Crippen LogP) is 2.48. The number of rotatable bonds is 4. The summed E-state index contributed by atoms with van der Waals surface area (Å²) in [5, 5.41) is 0. The monoisotopic (exact) mass is 246 g/mol. The fourth-order valence-electron chi connectivity index (χ4n) is 2.50. The molecule has 0 spiro atoms. The van der Waals surface area contributed by atoms with Crippen LogP contribution in [0.1, 0.15) is 38.2 Å². The van der Waals surface area contributed by atoms with E-state index in [9.17, 15) is 4.79 Å². The van der Waals surface area contributed by atoms with Gasteiger partial charge in [0.2, 0.25) is 5.91 Å². The molecule has 1 unspecified atom stereocenters. The van der Waals surface area contributed by atoms with Crippen molar-refractivity contribution >= 4 is 11.6 Å². The first-order chi connectivity index (χ1) is 8.68. The van der Waals surface area contributed by atoms with Crippen molar-refractivity contribution in [2.75, 3.05) is 11.4 Å². The molecule has 3 heteroatoms. The van der Waals surface area contributed by atoms with Crippen LogP contribution in [0.3, 0.4) is 0 Å². The summed E-state index contributed by atoms with van der Waals surface area (Å²) in [6, 6.07) is 8.41. The normalized spacial score (nSPS) is 16.2. The van der Waals surface area contributed by atoms with Gasteiger partial charge in [0, 0.05) is 24.7 Å². The van der Waals surface area contributed by atoms with E-state index in [4.69, 9.17) is 5.73 Å². The molecule has 98 valence electrons. The first kappa shape index (κ1) is 13.1. The summed E-state index contributed by atoms with van der Waals surface area (Å²) in [5.74, 6) is 0.239. The van der Waals surface area contributed by atoms with Gasteiger partial charge in [-0.1, -0.05) is 18.2 Å². The van der Waals surface area contributed by atoms with Gasteiger partial charge in [0.1, 0.15) is 0 Å². The number of anilines is 1. The van der Waals surface area contributed by atoms with Gasteiger partial charge in [-0.15, -0.1) is 0 Å². The van der Waals surface area contributed by atoms with Crippen LogP contribution in [-0.2, 0) is 11.2 Å². The van der Waals surface area contributed by atoms with Crippen molar-refractivity contribution in [1.29, 1.82) is 0 Å². The molecule has 1 aromatic rings. The molecule has 1 amide bonds. The molecule has 0 saturated carbocycles. The van der Waals surface area contributed by atoms with Crippen LogP contribution in [0, 0.1) is 0 Å². The first-order valence-electron chi connectivity index (χ1n) is 6.82. The molecule has 1 heterocycles. The first-order valence-corrected chi connectivity index (χ1v) is 6.82. The molecular weight excluding hydrogens is 224 g/mol. The molecule has 0 radical (unpaired) electrons. The largest absolute Gasteiger partial charge is 0.328 e. The number of para-hydroxylation sites is 1. The third kappa shape index (κ3) is 3.10. The second-order valence-electron chi connectivity index (χ2n) is 5.15. The van der Waals surface area contributed by atoms with Crippen molar-refractivity contribution < 1.29 is 4.79 Å². The van der Waals surface area contributed by atoms with Crippen molar-refractivity contribution in [3.8, 4) is 0 Å². The number of hydrogen-bond acceptors (Lipinski definition) is 2. The number of amides is 1. The molecule has 1 aromatic carbocycles. The Labute approximate surface area is 109 Å². The molecule has 3 nitrogen and oxygen atoms in total. The minimum absolute atomic E-state index is 0.187. The third-order valence-electron chi connectivity index (χ3n) is 3.46. The van der Waals surface area contributed by atoms with Crippen LogP contribution in [0.4, 0.5) is 5.69 Å². The number of carbonyl (C=O) groups is 1.